The van der Waals surface area contributed by atoms with Gasteiger partial charge in [-0.2, -0.15) is 5.10 Å². The summed E-state index contributed by atoms with van der Waals surface area (Å²) in [5.41, 5.74) is 0.285. The third-order valence-electron chi connectivity index (χ3n) is 5.69. The zero-order valence-electron chi connectivity index (χ0n) is 16.7. The van der Waals surface area contributed by atoms with Crippen LogP contribution in [0.5, 0.6) is 0 Å². The first-order chi connectivity index (χ1) is 14.0. The van der Waals surface area contributed by atoms with Crippen LogP contribution in [-0.2, 0) is 6.54 Å². The Balaban J connectivity index is 1.54. The summed E-state index contributed by atoms with van der Waals surface area (Å²) >= 11 is 0. The smallest absolute Gasteiger partial charge is 0.270 e. The highest BCUT2D eigenvalue weighted by Gasteiger charge is 2.37. The number of hydrogen-bond donors (Lipinski definition) is 0. The van der Waals surface area contributed by atoms with Gasteiger partial charge in [0.25, 0.3) is 11.5 Å². The van der Waals surface area contributed by atoms with Crippen molar-refractivity contribution in [1.82, 2.24) is 29.0 Å². The van der Waals surface area contributed by atoms with Crippen LogP contribution in [0.4, 0.5) is 0 Å². The van der Waals surface area contributed by atoms with Crippen LogP contribution in [0.25, 0.3) is 5.65 Å². The summed E-state index contributed by atoms with van der Waals surface area (Å²) in [4.78, 5) is 37.3. The zero-order valence-corrected chi connectivity index (χ0v) is 16.7. The van der Waals surface area contributed by atoms with Crippen LogP contribution >= 0.6 is 0 Å². The van der Waals surface area contributed by atoms with Gasteiger partial charge in [0.1, 0.15) is 17.0 Å². The zero-order chi connectivity index (χ0) is 20.1. The Bertz CT molecular complexity index is 1140. The summed E-state index contributed by atoms with van der Waals surface area (Å²) in [6.45, 7) is 5.36. The Morgan fingerprint density at radius 3 is 2.83 bits per heavy atom. The highest BCUT2D eigenvalue weighted by Crippen LogP contribution is 2.40. The fourth-order valence-electron chi connectivity index (χ4n) is 4.05. The Morgan fingerprint density at radius 1 is 1.24 bits per heavy atom. The Kier molecular flexibility index (Phi) is 4.22. The molecule has 150 valence electrons. The quantitative estimate of drug-likeness (QED) is 0.681. The van der Waals surface area contributed by atoms with E-state index in [1.54, 1.807) is 23.2 Å². The maximum atomic E-state index is 13.4. The molecule has 0 saturated heterocycles. The predicted molar refractivity (Wildman–Crippen MR) is 107 cm³/mol. The minimum atomic E-state index is -0.338. The largest absolute Gasteiger partial charge is 0.326 e. The average molecular weight is 392 g/mol. The topological polar surface area (TPSA) is 85.4 Å². The van der Waals surface area contributed by atoms with Gasteiger partial charge in [-0.05, 0) is 37.3 Å². The number of amides is 1. The van der Waals surface area contributed by atoms with E-state index in [1.165, 1.54) is 10.6 Å². The van der Waals surface area contributed by atoms with E-state index in [4.69, 9.17) is 4.98 Å². The second-order valence-corrected chi connectivity index (χ2v) is 8.38. The number of nitrogens with zero attached hydrogens (tertiary/aromatic N) is 6. The summed E-state index contributed by atoms with van der Waals surface area (Å²) < 4.78 is 3.37. The van der Waals surface area contributed by atoms with E-state index in [0.29, 0.717) is 30.6 Å². The van der Waals surface area contributed by atoms with Gasteiger partial charge in [-0.3, -0.25) is 14.0 Å². The first-order valence-electron chi connectivity index (χ1n) is 10.2. The van der Waals surface area contributed by atoms with Crippen molar-refractivity contribution in [3.05, 3.63) is 58.2 Å². The maximum Gasteiger partial charge on any atom is 0.270 e. The Morgan fingerprint density at radius 2 is 2.07 bits per heavy atom. The molecular formula is C21H24N6O2. The van der Waals surface area contributed by atoms with Crippen molar-refractivity contribution in [2.24, 2.45) is 5.92 Å². The van der Waals surface area contributed by atoms with Crippen LogP contribution in [0.15, 0.2) is 35.4 Å². The van der Waals surface area contributed by atoms with Gasteiger partial charge in [0.2, 0.25) is 0 Å². The number of hydrogen-bond acceptors (Lipinski definition) is 5. The molecule has 0 aromatic carbocycles. The number of aromatic nitrogens is 5. The van der Waals surface area contributed by atoms with Crippen molar-refractivity contribution in [2.45, 2.75) is 51.6 Å². The van der Waals surface area contributed by atoms with Crippen LogP contribution in [0.2, 0.25) is 0 Å². The lowest BCUT2D eigenvalue weighted by Gasteiger charge is -2.36. The molecule has 2 aliphatic rings. The lowest BCUT2D eigenvalue weighted by molar-refractivity contribution is 0.0576. The van der Waals surface area contributed by atoms with Gasteiger partial charge >= 0.3 is 0 Å². The number of pyridine rings is 1. The molecule has 0 N–H and O–H groups in total. The van der Waals surface area contributed by atoms with Crippen molar-refractivity contribution in [3.8, 4) is 0 Å². The van der Waals surface area contributed by atoms with Crippen molar-refractivity contribution in [3.63, 3.8) is 0 Å². The predicted octanol–water partition coefficient (Wildman–Crippen LogP) is 2.41. The molecule has 1 aliphatic carbocycles. The minimum absolute atomic E-state index is 0.0952. The summed E-state index contributed by atoms with van der Waals surface area (Å²) in [5.74, 6) is 2.29. The molecule has 0 unspecified atom stereocenters. The fraction of sp³-hybridized carbons (Fsp3) is 0.476. The number of carbonyl (C=O) groups excluding carboxylic acids is 1. The number of carbonyl (C=O) groups is 1. The fourth-order valence-corrected chi connectivity index (χ4v) is 4.05. The molecule has 3 aromatic rings. The SMILES string of the molecule is CC(C)C[C@H]1c2nc(C3CC3)nn2CCN1C(=O)c1cnc2ccccn2c1=O. The highest BCUT2D eigenvalue weighted by atomic mass is 16.2. The number of fused-ring (bicyclic) bond motifs is 2. The third-order valence-corrected chi connectivity index (χ3v) is 5.69. The van der Waals surface area contributed by atoms with Crippen molar-refractivity contribution in [1.29, 1.82) is 0 Å². The van der Waals surface area contributed by atoms with E-state index in [2.05, 4.69) is 23.9 Å². The normalized spacial score (nSPS) is 19.0. The first kappa shape index (κ1) is 18.0. The van der Waals surface area contributed by atoms with Gasteiger partial charge in [0.15, 0.2) is 5.82 Å². The summed E-state index contributed by atoms with van der Waals surface area (Å²) in [7, 11) is 0. The standard InChI is InChI=1S/C21H24N6O2/c1-13(2)11-16-19-23-18(14-6-7-14)24-27(19)10-9-25(16)20(28)15-12-22-17-5-3-4-8-26(17)21(15)29/h3-5,8,12-14,16H,6-7,9-11H2,1-2H3/t16-/m0/s1. The van der Waals surface area contributed by atoms with Crippen LogP contribution in [0.1, 0.15) is 67.1 Å². The van der Waals surface area contributed by atoms with Gasteiger partial charge in [-0.25, -0.2) is 14.6 Å². The van der Waals surface area contributed by atoms with Crippen molar-refractivity contribution >= 4 is 11.6 Å². The molecular weight excluding hydrogens is 368 g/mol. The molecule has 8 heteroatoms. The van der Waals surface area contributed by atoms with E-state index in [-0.39, 0.29) is 23.1 Å². The van der Waals surface area contributed by atoms with Gasteiger partial charge in [-0.1, -0.05) is 19.9 Å². The van der Waals surface area contributed by atoms with Gasteiger partial charge < -0.3 is 4.90 Å². The Labute approximate surface area is 168 Å². The second-order valence-electron chi connectivity index (χ2n) is 8.38. The average Bonchev–Trinajstić information content (AvgIpc) is 3.47. The molecule has 3 aromatic heterocycles. The monoisotopic (exact) mass is 392 g/mol. The van der Waals surface area contributed by atoms with Crippen LogP contribution < -0.4 is 5.56 Å². The minimum Gasteiger partial charge on any atom is -0.326 e. The van der Waals surface area contributed by atoms with E-state index >= 15 is 0 Å². The van der Waals surface area contributed by atoms with Crippen molar-refractivity contribution in [2.75, 3.05) is 6.54 Å². The van der Waals surface area contributed by atoms with Crippen LogP contribution in [0.3, 0.4) is 0 Å². The molecule has 1 atom stereocenters. The van der Waals surface area contributed by atoms with Gasteiger partial charge in [-0.15, -0.1) is 0 Å². The van der Waals surface area contributed by atoms with E-state index in [9.17, 15) is 9.59 Å². The molecule has 0 bridgehead atoms. The van der Waals surface area contributed by atoms with E-state index in [1.807, 2.05) is 10.7 Å². The maximum absolute atomic E-state index is 13.4. The molecule has 1 saturated carbocycles. The molecule has 1 aliphatic heterocycles. The van der Waals surface area contributed by atoms with E-state index < -0.39 is 0 Å². The molecule has 5 rings (SSSR count). The second kappa shape index (κ2) is 6.79. The molecule has 0 radical (unpaired) electrons. The summed E-state index contributed by atoms with van der Waals surface area (Å²) in [6, 6.07) is 5.14. The van der Waals surface area contributed by atoms with Gasteiger partial charge in [0, 0.05) is 24.9 Å². The lowest BCUT2D eigenvalue weighted by atomic mass is 9.99. The molecule has 1 fully saturated rings. The van der Waals surface area contributed by atoms with Crippen molar-refractivity contribution < 1.29 is 4.79 Å². The lowest BCUT2D eigenvalue weighted by Crippen LogP contribution is -2.45. The molecule has 8 nitrogen and oxygen atoms in total. The highest BCUT2D eigenvalue weighted by molar-refractivity contribution is 5.94. The summed E-state index contributed by atoms with van der Waals surface area (Å²) in [6.07, 6.45) is 6.10. The summed E-state index contributed by atoms with van der Waals surface area (Å²) in [5, 5.41) is 4.68. The Hall–Kier alpha value is -3.03. The number of rotatable bonds is 4. The van der Waals surface area contributed by atoms with Crippen LogP contribution in [0, 0.1) is 5.92 Å². The van der Waals surface area contributed by atoms with Gasteiger partial charge in [0.05, 0.1) is 12.6 Å². The molecule has 29 heavy (non-hydrogen) atoms. The third kappa shape index (κ3) is 3.12. The first-order valence-corrected chi connectivity index (χ1v) is 10.2. The molecule has 0 spiro atoms. The molecule has 1 amide bonds. The van der Waals surface area contributed by atoms with E-state index in [0.717, 1.165) is 30.9 Å². The molecule has 4 heterocycles. The van der Waals surface area contributed by atoms with Crippen LogP contribution in [-0.4, -0.2) is 41.5 Å².